The summed E-state index contributed by atoms with van der Waals surface area (Å²) in [5, 5.41) is 27.4. The summed E-state index contributed by atoms with van der Waals surface area (Å²) >= 11 is 2.29. The van der Waals surface area contributed by atoms with Crippen LogP contribution in [0.2, 0.25) is 0 Å². The van der Waals surface area contributed by atoms with Gasteiger partial charge in [-0.2, -0.15) is 0 Å². The largest absolute Gasteiger partial charge is 0.388 e. The predicted octanol–water partition coefficient (Wildman–Crippen LogP) is 2.29. The highest BCUT2D eigenvalue weighted by molar-refractivity contribution is 8.01. The van der Waals surface area contributed by atoms with Crippen molar-refractivity contribution in [2.75, 3.05) is 0 Å². The van der Waals surface area contributed by atoms with E-state index in [1.165, 1.54) is 17.4 Å². The van der Waals surface area contributed by atoms with E-state index in [4.69, 9.17) is 0 Å². The number of hydrogen-bond donors (Lipinski definition) is 2. The van der Waals surface area contributed by atoms with Crippen LogP contribution in [-0.2, 0) is 0 Å². The summed E-state index contributed by atoms with van der Waals surface area (Å²) in [4.78, 5) is 15.1. The van der Waals surface area contributed by atoms with E-state index in [1.807, 2.05) is 0 Å². The van der Waals surface area contributed by atoms with Crippen molar-refractivity contribution in [1.82, 2.24) is 15.2 Å². The van der Waals surface area contributed by atoms with Crippen LogP contribution in [0.4, 0.5) is 5.69 Å². The van der Waals surface area contributed by atoms with Crippen molar-refractivity contribution in [3.8, 4) is 0 Å². The molecule has 0 spiro atoms. The van der Waals surface area contributed by atoms with Crippen LogP contribution in [0.1, 0.15) is 23.7 Å². The second-order valence-electron chi connectivity index (χ2n) is 3.56. The van der Waals surface area contributed by atoms with Gasteiger partial charge < -0.3 is 5.11 Å². The van der Waals surface area contributed by atoms with Crippen LogP contribution in [-0.4, -0.2) is 25.2 Å². The molecule has 0 aliphatic rings. The minimum atomic E-state index is -0.725. The standard InChI is InChI=1S/C9H10N4O3S2/c1-4(14)7-3-6(13(15)16)8(17-7)18-9-10-5(2)11-12-9/h3-4,14H,1-2H3,(H,10,11,12). The molecule has 0 amide bonds. The second kappa shape index (κ2) is 5.04. The van der Waals surface area contributed by atoms with Crippen molar-refractivity contribution < 1.29 is 10.0 Å². The van der Waals surface area contributed by atoms with Gasteiger partial charge in [-0.05, 0) is 25.6 Å². The number of aliphatic hydroxyl groups excluding tert-OH is 1. The van der Waals surface area contributed by atoms with Crippen molar-refractivity contribution in [1.29, 1.82) is 0 Å². The van der Waals surface area contributed by atoms with Crippen LogP contribution >= 0.6 is 23.1 Å². The third-order valence-corrected chi connectivity index (χ3v) is 4.42. The maximum absolute atomic E-state index is 10.9. The summed E-state index contributed by atoms with van der Waals surface area (Å²) in [6, 6.07) is 1.39. The SMILES string of the molecule is Cc1nc(Sc2sc(C(C)O)cc2[N+](=O)[O-])n[nH]1. The minimum absolute atomic E-state index is 0.0247. The number of H-pyrrole nitrogens is 1. The van der Waals surface area contributed by atoms with Gasteiger partial charge in [0.15, 0.2) is 0 Å². The van der Waals surface area contributed by atoms with Gasteiger partial charge in [-0.3, -0.25) is 15.2 Å². The van der Waals surface area contributed by atoms with Gasteiger partial charge in [-0.1, -0.05) is 0 Å². The van der Waals surface area contributed by atoms with Crippen LogP contribution in [0.25, 0.3) is 0 Å². The smallest absolute Gasteiger partial charge is 0.294 e. The van der Waals surface area contributed by atoms with E-state index in [-0.39, 0.29) is 5.69 Å². The quantitative estimate of drug-likeness (QED) is 0.660. The Bertz CT molecular complexity index is 578. The number of hydrogen-bond acceptors (Lipinski definition) is 7. The molecule has 96 valence electrons. The lowest BCUT2D eigenvalue weighted by Crippen LogP contribution is -1.87. The number of nitro groups is 1. The van der Waals surface area contributed by atoms with Crippen molar-refractivity contribution in [3.63, 3.8) is 0 Å². The number of aliphatic hydroxyl groups is 1. The van der Waals surface area contributed by atoms with Crippen molar-refractivity contribution in [2.24, 2.45) is 0 Å². The van der Waals surface area contributed by atoms with E-state index in [1.54, 1.807) is 13.8 Å². The predicted molar refractivity (Wildman–Crippen MR) is 66.8 cm³/mol. The first kappa shape index (κ1) is 13.0. The molecular weight excluding hydrogens is 276 g/mol. The average molecular weight is 286 g/mol. The maximum Gasteiger partial charge on any atom is 0.294 e. The third kappa shape index (κ3) is 2.68. The van der Waals surface area contributed by atoms with Crippen LogP contribution < -0.4 is 0 Å². The number of thiophene rings is 1. The van der Waals surface area contributed by atoms with Crippen molar-refractivity contribution in [3.05, 3.63) is 26.9 Å². The van der Waals surface area contributed by atoms with Gasteiger partial charge in [-0.25, -0.2) is 4.98 Å². The number of aromatic amines is 1. The van der Waals surface area contributed by atoms with Gasteiger partial charge in [0.05, 0.1) is 11.0 Å². The molecule has 2 aromatic heterocycles. The summed E-state index contributed by atoms with van der Waals surface area (Å²) in [5.41, 5.74) is -0.0247. The first-order valence-corrected chi connectivity index (χ1v) is 6.63. The van der Waals surface area contributed by atoms with E-state index in [9.17, 15) is 15.2 Å². The summed E-state index contributed by atoms with van der Waals surface area (Å²) in [6.45, 7) is 3.32. The Kier molecular flexibility index (Phi) is 3.64. The zero-order valence-corrected chi connectivity index (χ0v) is 11.2. The number of aromatic nitrogens is 3. The number of nitrogens with zero attached hydrogens (tertiary/aromatic N) is 3. The molecule has 2 heterocycles. The Morgan fingerprint density at radius 1 is 1.67 bits per heavy atom. The highest BCUT2D eigenvalue weighted by Gasteiger charge is 2.22. The lowest BCUT2D eigenvalue weighted by atomic mass is 10.3. The Morgan fingerprint density at radius 3 is 2.89 bits per heavy atom. The molecule has 9 heteroatoms. The van der Waals surface area contributed by atoms with Crippen LogP contribution in [0.3, 0.4) is 0 Å². The molecule has 0 aromatic carbocycles. The Labute approximate surface area is 110 Å². The first-order valence-electron chi connectivity index (χ1n) is 5.00. The van der Waals surface area contributed by atoms with E-state index in [0.29, 0.717) is 20.1 Å². The van der Waals surface area contributed by atoms with Crippen LogP contribution in [0.5, 0.6) is 0 Å². The molecule has 0 aliphatic carbocycles. The molecule has 0 saturated carbocycles. The summed E-state index contributed by atoms with van der Waals surface area (Å²) in [7, 11) is 0. The molecule has 0 aliphatic heterocycles. The Hall–Kier alpha value is -1.45. The lowest BCUT2D eigenvalue weighted by molar-refractivity contribution is -0.387. The molecule has 0 bridgehead atoms. The van der Waals surface area contributed by atoms with Crippen molar-refractivity contribution in [2.45, 2.75) is 29.3 Å². The lowest BCUT2D eigenvalue weighted by Gasteiger charge is -1.95. The highest BCUT2D eigenvalue weighted by Crippen LogP contribution is 2.41. The van der Waals surface area contributed by atoms with Crippen LogP contribution in [0, 0.1) is 17.0 Å². The average Bonchev–Trinajstić information content (AvgIpc) is 2.85. The molecule has 2 aromatic rings. The molecule has 0 saturated heterocycles. The van der Waals surface area contributed by atoms with Crippen molar-refractivity contribution >= 4 is 28.8 Å². The van der Waals surface area contributed by atoms with Gasteiger partial charge in [0.2, 0.25) is 5.16 Å². The van der Waals surface area contributed by atoms with Gasteiger partial charge >= 0.3 is 0 Å². The summed E-state index contributed by atoms with van der Waals surface area (Å²) in [6.07, 6.45) is -0.725. The van der Waals surface area contributed by atoms with Gasteiger partial charge in [0.25, 0.3) is 5.69 Å². The van der Waals surface area contributed by atoms with E-state index in [2.05, 4.69) is 15.2 Å². The maximum atomic E-state index is 10.9. The summed E-state index contributed by atoms with van der Waals surface area (Å²) < 4.78 is 0.468. The zero-order chi connectivity index (χ0) is 13.3. The molecule has 1 atom stereocenters. The summed E-state index contributed by atoms with van der Waals surface area (Å²) in [5.74, 6) is 0.646. The topological polar surface area (TPSA) is 105 Å². The molecule has 0 fully saturated rings. The molecule has 2 rings (SSSR count). The molecule has 18 heavy (non-hydrogen) atoms. The van der Waals surface area contributed by atoms with E-state index in [0.717, 1.165) is 11.8 Å². The number of aryl methyl sites for hydroxylation is 1. The molecule has 2 N–H and O–H groups in total. The third-order valence-electron chi connectivity index (χ3n) is 2.07. The molecule has 1 unspecified atom stereocenters. The molecule has 7 nitrogen and oxygen atoms in total. The fourth-order valence-electron chi connectivity index (χ4n) is 1.24. The van der Waals surface area contributed by atoms with Gasteiger partial charge in [0.1, 0.15) is 10.0 Å². The first-order chi connectivity index (χ1) is 8.47. The van der Waals surface area contributed by atoms with Crippen LogP contribution in [0.15, 0.2) is 15.4 Å². The zero-order valence-electron chi connectivity index (χ0n) is 9.58. The highest BCUT2D eigenvalue weighted by atomic mass is 32.2. The fourth-order valence-corrected chi connectivity index (χ4v) is 3.39. The fraction of sp³-hybridized carbons (Fsp3) is 0.333. The van der Waals surface area contributed by atoms with Gasteiger partial charge in [0, 0.05) is 10.9 Å². The number of nitrogens with one attached hydrogen (secondary N) is 1. The normalized spacial score (nSPS) is 12.6. The molecular formula is C9H10N4O3S2. The monoisotopic (exact) mass is 286 g/mol. The molecule has 0 radical (unpaired) electrons. The second-order valence-corrected chi connectivity index (χ2v) is 5.88. The van der Waals surface area contributed by atoms with E-state index < -0.39 is 11.0 Å². The van der Waals surface area contributed by atoms with Gasteiger partial charge in [-0.15, -0.1) is 16.4 Å². The van der Waals surface area contributed by atoms with E-state index >= 15 is 0 Å². The minimum Gasteiger partial charge on any atom is -0.388 e. The Balaban J connectivity index is 2.33. The Morgan fingerprint density at radius 2 is 2.39 bits per heavy atom. The number of rotatable bonds is 4.